The Bertz CT molecular complexity index is 1680. The molecule has 0 unspecified atom stereocenters. The van der Waals surface area contributed by atoms with Crippen LogP contribution in [0, 0.1) is 0 Å². The zero-order valence-corrected chi connectivity index (χ0v) is 28.4. The molecule has 0 radical (unpaired) electrons. The molecule has 1 aromatic rings. The largest absolute Gasteiger partial charge is 0.465 e. The van der Waals surface area contributed by atoms with Crippen LogP contribution in [0.2, 0.25) is 0 Å². The quantitative estimate of drug-likeness (QED) is 0.365. The predicted octanol–water partition coefficient (Wildman–Crippen LogP) is 4.65. The van der Waals surface area contributed by atoms with Gasteiger partial charge in [-0.2, -0.15) is 0 Å². The summed E-state index contributed by atoms with van der Waals surface area (Å²) in [5, 5.41) is 28.1. The van der Waals surface area contributed by atoms with E-state index in [9.17, 15) is 29.4 Å². The number of rotatable bonds is 6. The van der Waals surface area contributed by atoms with Crippen LogP contribution in [0.1, 0.15) is 54.4 Å². The summed E-state index contributed by atoms with van der Waals surface area (Å²) < 4.78 is 11.4. The monoisotopic (exact) mass is 674 g/mol. The zero-order chi connectivity index (χ0) is 35.3. The number of aromatic amines is 1. The third kappa shape index (κ3) is 4.96. The fourth-order valence-corrected chi connectivity index (χ4v) is 8.13. The first-order valence-corrected chi connectivity index (χ1v) is 16.5. The molecule has 0 spiro atoms. The minimum Gasteiger partial charge on any atom is -0.465 e. The summed E-state index contributed by atoms with van der Waals surface area (Å²) in [6, 6.07) is -0.386. The first kappa shape index (κ1) is 32.9. The van der Waals surface area contributed by atoms with Crippen LogP contribution >= 0.6 is 0 Å². The number of quaternary nitrogens is 2. The molecule has 4 bridgehead atoms. The summed E-state index contributed by atoms with van der Waals surface area (Å²) >= 11 is 0. The van der Waals surface area contributed by atoms with Crippen LogP contribution in [-0.2, 0) is 19.1 Å². The Kier molecular flexibility index (Phi) is 7.34. The van der Waals surface area contributed by atoms with E-state index in [0.29, 0.717) is 28.6 Å². The number of carbonyl (C=O) groups is 4. The number of nitrogens with zero attached hydrogens (tertiary/aromatic N) is 5. The average molecular weight is 675 g/mol. The van der Waals surface area contributed by atoms with Gasteiger partial charge in [-0.25, -0.2) is 24.3 Å². The summed E-state index contributed by atoms with van der Waals surface area (Å²) in [5.74, 6) is -0.210. The molecule has 14 nitrogen and oxygen atoms in total. The van der Waals surface area contributed by atoms with E-state index in [-0.39, 0.29) is 31.7 Å². The molecule has 49 heavy (non-hydrogen) atoms. The molecule has 0 saturated carbocycles. The molecular formula is C35H42N6O8+2. The van der Waals surface area contributed by atoms with E-state index in [0.717, 1.165) is 9.80 Å². The lowest BCUT2D eigenvalue weighted by Gasteiger charge is -2.33. The summed E-state index contributed by atoms with van der Waals surface area (Å²) in [6.45, 7) is 11.4. The van der Waals surface area contributed by atoms with Crippen molar-refractivity contribution in [3.63, 3.8) is 0 Å². The van der Waals surface area contributed by atoms with E-state index < -0.39 is 68.5 Å². The van der Waals surface area contributed by atoms with Crippen molar-refractivity contribution in [3.8, 4) is 0 Å². The van der Waals surface area contributed by atoms with Crippen molar-refractivity contribution in [2.45, 2.75) is 89.9 Å². The van der Waals surface area contributed by atoms with Gasteiger partial charge in [-0.05, 0) is 41.5 Å². The van der Waals surface area contributed by atoms with Gasteiger partial charge in [0.2, 0.25) is 5.82 Å². The lowest BCUT2D eigenvalue weighted by Crippen LogP contribution is -2.57. The van der Waals surface area contributed by atoms with Crippen LogP contribution < -0.4 is 8.97 Å². The van der Waals surface area contributed by atoms with Gasteiger partial charge in [0.25, 0.3) is 5.82 Å². The highest BCUT2D eigenvalue weighted by atomic mass is 16.5. The van der Waals surface area contributed by atoms with Crippen molar-refractivity contribution in [1.82, 2.24) is 29.0 Å². The third-order valence-electron chi connectivity index (χ3n) is 9.79. The molecule has 1 aromatic heterocycles. The van der Waals surface area contributed by atoms with E-state index in [1.54, 1.807) is 6.07 Å². The highest BCUT2D eigenvalue weighted by molar-refractivity contribution is 6.04. The van der Waals surface area contributed by atoms with Crippen molar-refractivity contribution in [3.05, 3.63) is 77.5 Å². The van der Waals surface area contributed by atoms with Gasteiger partial charge >= 0.3 is 24.0 Å². The van der Waals surface area contributed by atoms with Crippen molar-refractivity contribution in [2.75, 3.05) is 13.1 Å². The smallest absolute Gasteiger partial charge is 0.408 e. The molecule has 0 aromatic carbocycles. The van der Waals surface area contributed by atoms with Gasteiger partial charge in [-0.3, -0.25) is 9.80 Å². The molecule has 4 amide bonds. The Morgan fingerprint density at radius 3 is 1.47 bits per heavy atom. The maximum absolute atomic E-state index is 14.9. The molecule has 7 heterocycles. The van der Waals surface area contributed by atoms with Crippen molar-refractivity contribution in [2.24, 2.45) is 0 Å². The van der Waals surface area contributed by atoms with Crippen molar-refractivity contribution < 1.29 is 38.9 Å². The van der Waals surface area contributed by atoms with Crippen LogP contribution in [0.3, 0.4) is 0 Å². The Labute approximate surface area is 283 Å². The standard InChI is InChI=1S/C35H40N6O8/c1-34(2,3)48-24-15-26(38(18-24)32(44)45)30(42)40(20-7-8-21(40)10-9-20)28-17-29(37-36-28)41(22-11-12-23(41)14-13-22)31(43)27-16-25(49-35(4,5)6)19-39(27)33(46)47/h7-14,17,24-27H,15-16,18-19H2,1-6H3,(H-2,36,37,44,45,46,47)/p+2/t24-,25-,26+,27+/m1/s1. The van der Waals surface area contributed by atoms with Gasteiger partial charge in [0.1, 0.15) is 6.07 Å². The second-order valence-corrected chi connectivity index (χ2v) is 15.2. The third-order valence-corrected chi connectivity index (χ3v) is 9.79. The molecule has 14 heteroatoms. The van der Waals surface area contributed by atoms with E-state index in [4.69, 9.17) is 9.47 Å². The molecule has 0 aliphatic carbocycles. The summed E-state index contributed by atoms with van der Waals surface area (Å²) in [5.41, 5.74) is 1.32. The molecule has 6 aliphatic heterocycles. The van der Waals surface area contributed by atoms with Crippen LogP contribution in [0.4, 0.5) is 21.2 Å². The molecule has 3 N–H and O–H groups in total. The van der Waals surface area contributed by atoms with Gasteiger partial charge in [0.05, 0.1) is 36.5 Å². The van der Waals surface area contributed by atoms with E-state index >= 15 is 0 Å². The number of aromatic nitrogens is 2. The number of nitrogens with one attached hydrogen (secondary N) is 1. The van der Waals surface area contributed by atoms with Gasteiger partial charge < -0.3 is 19.7 Å². The highest BCUT2D eigenvalue weighted by Crippen LogP contribution is 2.50. The molecule has 7 rings (SSSR count). The maximum Gasteiger partial charge on any atom is 0.408 e. The normalized spacial score (nSPS) is 27.5. The Morgan fingerprint density at radius 1 is 0.714 bits per heavy atom. The Morgan fingerprint density at radius 2 is 1.10 bits per heavy atom. The van der Waals surface area contributed by atoms with Gasteiger partial charge in [-0.15, -0.1) is 14.1 Å². The molecular weight excluding hydrogens is 632 g/mol. The number of hydrogen-bond donors (Lipinski definition) is 3. The van der Waals surface area contributed by atoms with E-state index in [2.05, 4.69) is 10.2 Å². The summed E-state index contributed by atoms with van der Waals surface area (Å²) in [6.07, 6.45) is 11.5. The Balaban J connectivity index is 1.28. The van der Waals surface area contributed by atoms with Crippen molar-refractivity contribution in [1.29, 1.82) is 0 Å². The molecule has 4 atom stereocenters. The topological polar surface area (TPSA) is 162 Å². The minimum atomic E-state index is -1.22. The lowest BCUT2D eigenvalue weighted by molar-refractivity contribution is -0.131. The summed E-state index contributed by atoms with van der Waals surface area (Å²) in [7, 11) is 0. The van der Waals surface area contributed by atoms with E-state index in [1.807, 2.05) is 90.2 Å². The number of hydrogen-bond acceptors (Lipinski definition) is 7. The SMILES string of the molecule is CC(C)(C)O[C@@H]1C[C@@H](C(=O)[N+]2(c3cc([N+]4(C(=O)[C@@H]5C[C@@H](OC(C)(C)C)CN5C(=O)O)C5=CC=C4C=C5)[nH]n3)C3=CC=C2C=C3)N(C(=O)O)C1. The van der Waals surface area contributed by atoms with Gasteiger partial charge in [0.15, 0.2) is 34.9 Å². The minimum absolute atomic E-state index is 0.0459. The number of carboxylic acid groups (broad SMARTS) is 2. The van der Waals surface area contributed by atoms with Gasteiger partial charge in [0, 0.05) is 61.4 Å². The molecule has 2 saturated heterocycles. The molecule has 6 aliphatic rings. The number of likely N-dealkylation sites (tertiary alicyclic amines) is 2. The predicted molar refractivity (Wildman–Crippen MR) is 178 cm³/mol. The molecule has 2 fully saturated rings. The van der Waals surface area contributed by atoms with Crippen molar-refractivity contribution >= 4 is 35.6 Å². The first-order chi connectivity index (χ1) is 23.0. The number of ether oxygens (including phenoxy) is 2. The van der Waals surface area contributed by atoms with Crippen LogP contribution in [-0.4, -0.2) is 103 Å². The number of amides is 4. The number of H-pyrrole nitrogens is 1. The first-order valence-electron chi connectivity index (χ1n) is 16.5. The number of carbonyl (C=O) groups excluding carboxylic acids is 2. The lowest BCUT2D eigenvalue weighted by atomic mass is 10.1. The zero-order valence-electron chi connectivity index (χ0n) is 28.4. The fraction of sp³-hybridized carbons (Fsp3) is 0.457. The van der Waals surface area contributed by atoms with Crippen LogP contribution in [0.15, 0.2) is 77.5 Å². The highest BCUT2D eigenvalue weighted by Gasteiger charge is 2.62. The number of fused-ring (bicyclic) bond motifs is 4. The fourth-order valence-electron chi connectivity index (χ4n) is 8.13. The summed E-state index contributed by atoms with van der Waals surface area (Å²) in [4.78, 5) is 56.9. The van der Waals surface area contributed by atoms with E-state index in [1.165, 1.54) is 0 Å². The Hall–Kier alpha value is -4.63. The van der Waals surface area contributed by atoms with Crippen LogP contribution in [0.25, 0.3) is 0 Å². The van der Waals surface area contributed by atoms with Gasteiger partial charge in [-0.1, -0.05) is 0 Å². The second-order valence-electron chi connectivity index (χ2n) is 15.2. The maximum atomic E-state index is 14.9. The second kappa shape index (κ2) is 10.9. The van der Waals surface area contributed by atoms with Crippen LogP contribution in [0.5, 0.6) is 0 Å². The number of allylic oxidation sites excluding steroid dienone is 8. The average Bonchev–Trinajstić information content (AvgIpc) is 3.85. The molecule has 258 valence electrons.